The molecular weight excluding hydrogens is 440 g/mol. The average molecular weight is 465 g/mol. The molecule has 0 aromatic heterocycles. The summed E-state index contributed by atoms with van der Waals surface area (Å²) < 4.78 is 6.90. The Labute approximate surface area is 186 Å². The number of piperidine rings is 1. The molecule has 4 rings (SSSR count). The lowest BCUT2D eigenvalue weighted by atomic mass is 9.95. The second-order valence-corrected chi connectivity index (χ2v) is 8.52. The quantitative estimate of drug-likeness (QED) is 0.479. The maximum absolute atomic E-state index is 12.7. The number of carbonyl (C=O) groups excluding carboxylic acids is 1. The smallest absolute Gasteiger partial charge is 0.227 e. The molecule has 4 nitrogen and oxygen atoms in total. The van der Waals surface area contributed by atoms with Crippen LogP contribution in [0.3, 0.4) is 0 Å². The zero-order chi connectivity index (χ0) is 20.8. The van der Waals surface area contributed by atoms with Crippen LogP contribution in [-0.2, 0) is 11.3 Å². The summed E-state index contributed by atoms with van der Waals surface area (Å²) in [7, 11) is 0. The second kappa shape index (κ2) is 9.92. The van der Waals surface area contributed by atoms with Crippen molar-refractivity contribution in [2.45, 2.75) is 19.4 Å². The van der Waals surface area contributed by atoms with E-state index in [0.29, 0.717) is 0 Å². The van der Waals surface area contributed by atoms with Crippen molar-refractivity contribution in [3.8, 4) is 11.5 Å². The van der Waals surface area contributed by atoms with Crippen LogP contribution in [0.4, 0.5) is 5.69 Å². The summed E-state index contributed by atoms with van der Waals surface area (Å²) in [4.78, 5) is 15.1. The highest BCUT2D eigenvalue weighted by molar-refractivity contribution is 9.10. The molecule has 0 atom stereocenters. The highest BCUT2D eigenvalue weighted by atomic mass is 79.9. The van der Waals surface area contributed by atoms with Gasteiger partial charge in [0.2, 0.25) is 5.91 Å². The molecule has 1 saturated heterocycles. The zero-order valence-electron chi connectivity index (χ0n) is 16.8. The van der Waals surface area contributed by atoms with Crippen LogP contribution < -0.4 is 10.1 Å². The summed E-state index contributed by atoms with van der Waals surface area (Å²) in [5.41, 5.74) is 2.11. The third-order valence-electron chi connectivity index (χ3n) is 5.38. The fourth-order valence-corrected chi connectivity index (χ4v) is 3.94. The summed E-state index contributed by atoms with van der Waals surface area (Å²) in [5.74, 6) is 1.71. The second-order valence-electron chi connectivity index (χ2n) is 7.61. The van der Waals surface area contributed by atoms with Gasteiger partial charge in [-0.15, -0.1) is 0 Å². The summed E-state index contributed by atoms with van der Waals surface area (Å²) >= 11 is 3.48. The molecule has 3 aromatic carbocycles. The lowest BCUT2D eigenvalue weighted by molar-refractivity contribution is -0.121. The molecule has 1 amide bonds. The van der Waals surface area contributed by atoms with Crippen molar-refractivity contribution in [2.24, 2.45) is 5.92 Å². The fourth-order valence-electron chi connectivity index (χ4n) is 3.68. The Bertz CT molecular complexity index is 951. The van der Waals surface area contributed by atoms with E-state index in [1.807, 2.05) is 54.6 Å². The third kappa shape index (κ3) is 5.71. The molecule has 0 saturated carbocycles. The van der Waals surface area contributed by atoms with Crippen LogP contribution in [0, 0.1) is 5.92 Å². The van der Waals surface area contributed by atoms with E-state index in [4.69, 9.17) is 4.74 Å². The summed E-state index contributed by atoms with van der Waals surface area (Å²) in [6.45, 7) is 2.82. The first kappa shape index (κ1) is 20.6. The lowest BCUT2D eigenvalue weighted by Gasteiger charge is -2.31. The Kier molecular flexibility index (Phi) is 6.82. The van der Waals surface area contributed by atoms with Crippen molar-refractivity contribution >= 4 is 27.5 Å². The van der Waals surface area contributed by atoms with Crippen molar-refractivity contribution < 1.29 is 9.53 Å². The van der Waals surface area contributed by atoms with Crippen molar-refractivity contribution in [3.63, 3.8) is 0 Å². The number of hydrogen-bond acceptors (Lipinski definition) is 3. The minimum Gasteiger partial charge on any atom is -0.457 e. The highest BCUT2D eigenvalue weighted by Crippen LogP contribution is 2.25. The Balaban J connectivity index is 1.25. The molecule has 0 radical (unpaired) electrons. The van der Waals surface area contributed by atoms with Crippen molar-refractivity contribution in [1.82, 2.24) is 4.90 Å². The van der Waals surface area contributed by atoms with Crippen LogP contribution in [0.25, 0.3) is 0 Å². The van der Waals surface area contributed by atoms with Crippen LogP contribution in [-0.4, -0.2) is 23.9 Å². The first-order valence-electron chi connectivity index (χ1n) is 10.3. The number of nitrogens with one attached hydrogen (secondary N) is 1. The van der Waals surface area contributed by atoms with Crippen molar-refractivity contribution in [2.75, 3.05) is 18.4 Å². The molecule has 30 heavy (non-hydrogen) atoms. The summed E-state index contributed by atoms with van der Waals surface area (Å²) in [6, 6.07) is 25.6. The van der Waals surface area contributed by atoms with Crippen LogP contribution in [0.2, 0.25) is 0 Å². The molecule has 1 aliphatic rings. The maximum atomic E-state index is 12.7. The number of carbonyl (C=O) groups is 1. The van der Waals surface area contributed by atoms with Gasteiger partial charge in [0.1, 0.15) is 11.5 Å². The van der Waals surface area contributed by atoms with Crippen LogP contribution in [0.15, 0.2) is 83.3 Å². The fraction of sp³-hybridized carbons (Fsp3) is 0.240. The van der Waals surface area contributed by atoms with E-state index in [9.17, 15) is 4.79 Å². The number of halogens is 1. The van der Waals surface area contributed by atoms with E-state index < -0.39 is 0 Å². The standard InChI is InChI=1S/C25H25BrN2O2/c26-21-8-6-19(7-9-21)18-28-16-14-20(15-17-28)25(29)27-22-10-12-24(13-11-22)30-23-4-2-1-3-5-23/h1-13,20H,14-18H2,(H,27,29). The Morgan fingerprint density at radius 1 is 0.900 bits per heavy atom. The van der Waals surface area contributed by atoms with Gasteiger partial charge >= 0.3 is 0 Å². The zero-order valence-corrected chi connectivity index (χ0v) is 18.3. The normalized spacial score (nSPS) is 15.0. The molecular formula is C25H25BrN2O2. The van der Waals surface area contributed by atoms with Crippen molar-refractivity contribution in [3.05, 3.63) is 88.9 Å². The molecule has 1 heterocycles. The van der Waals surface area contributed by atoms with Gasteiger partial charge in [-0.25, -0.2) is 0 Å². The number of hydrogen-bond donors (Lipinski definition) is 1. The molecule has 3 aromatic rings. The van der Waals surface area contributed by atoms with E-state index in [2.05, 4.69) is 50.4 Å². The molecule has 0 bridgehead atoms. The highest BCUT2D eigenvalue weighted by Gasteiger charge is 2.25. The van der Waals surface area contributed by atoms with Gasteiger partial charge in [-0.3, -0.25) is 9.69 Å². The minimum atomic E-state index is 0.0615. The Hall–Kier alpha value is -2.63. The van der Waals surface area contributed by atoms with Crippen LogP contribution in [0.5, 0.6) is 11.5 Å². The molecule has 0 aliphatic carbocycles. The van der Waals surface area contributed by atoms with Gasteiger partial charge in [-0.05, 0) is 80.0 Å². The average Bonchev–Trinajstić information content (AvgIpc) is 2.78. The topological polar surface area (TPSA) is 41.6 Å². The summed E-state index contributed by atoms with van der Waals surface area (Å²) in [5, 5.41) is 3.06. The van der Waals surface area contributed by atoms with Gasteiger partial charge in [-0.1, -0.05) is 46.3 Å². The van der Waals surface area contributed by atoms with Gasteiger partial charge in [-0.2, -0.15) is 0 Å². The van der Waals surface area contributed by atoms with E-state index >= 15 is 0 Å². The molecule has 5 heteroatoms. The molecule has 1 N–H and O–H groups in total. The number of anilines is 1. The predicted molar refractivity (Wildman–Crippen MR) is 124 cm³/mol. The molecule has 1 fully saturated rings. The Morgan fingerprint density at radius 2 is 1.53 bits per heavy atom. The third-order valence-corrected chi connectivity index (χ3v) is 5.91. The van der Waals surface area contributed by atoms with E-state index in [1.54, 1.807) is 0 Å². The number of likely N-dealkylation sites (tertiary alicyclic amines) is 1. The molecule has 0 unspecified atom stereocenters. The van der Waals surface area contributed by atoms with E-state index in [0.717, 1.165) is 54.1 Å². The van der Waals surface area contributed by atoms with Gasteiger partial charge in [0.15, 0.2) is 0 Å². The maximum Gasteiger partial charge on any atom is 0.227 e. The largest absolute Gasteiger partial charge is 0.457 e. The SMILES string of the molecule is O=C(Nc1ccc(Oc2ccccc2)cc1)C1CCN(Cc2ccc(Br)cc2)CC1. The summed E-state index contributed by atoms with van der Waals surface area (Å²) in [6.07, 6.45) is 1.77. The van der Waals surface area contributed by atoms with Crippen LogP contribution >= 0.6 is 15.9 Å². The lowest BCUT2D eigenvalue weighted by Crippen LogP contribution is -2.37. The van der Waals surface area contributed by atoms with Crippen LogP contribution in [0.1, 0.15) is 18.4 Å². The minimum absolute atomic E-state index is 0.0615. The Morgan fingerprint density at radius 3 is 2.20 bits per heavy atom. The number of benzene rings is 3. The molecule has 154 valence electrons. The number of amides is 1. The number of nitrogens with zero attached hydrogens (tertiary/aromatic N) is 1. The van der Waals surface area contributed by atoms with E-state index in [1.165, 1.54) is 5.56 Å². The first-order chi connectivity index (χ1) is 14.7. The number of para-hydroxylation sites is 1. The molecule has 0 spiro atoms. The monoisotopic (exact) mass is 464 g/mol. The first-order valence-corrected chi connectivity index (χ1v) is 11.1. The van der Waals surface area contributed by atoms with E-state index in [-0.39, 0.29) is 11.8 Å². The van der Waals surface area contributed by atoms with Gasteiger partial charge in [0.05, 0.1) is 0 Å². The van der Waals surface area contributed by atoms with Crippen molar-refractivity contribution in [1.29, 1.82) is 0 Å². The van der Waals surface area contributed by atoms with Gasteiger partial charge in [0, 0.05) is 22.6 Å². The number of rotatable bonds is 6. The number of ether oxygens (including phenoxy) is 1. The van der Waals surface area contributed by atoms with Gasteiger partial charge in [0.25, 0.3) is 0 Å². The predicted octanol–water partition coefficient (Wildman–Crippen LogP) is 6.09. The molecule has 1 aliphatic heterocycles. The van der Waals surface area contributed by atoms with Gasteiger partial charge < -0.3 is 10.1 Å².